The van der Waals surface area contributed by atoms with Crippen LogP contribution in [0.5, 0.6) is 5.75 Å². The highest BCUT2D eigenvalue weighted by Crippen LogP contribution is 2.38. The zero-order chi connectivity index (χ0) is 12.7. The number of anilines is 1. The molecule has 5 nitrogen and oxygen atoms in total. The molecule has 1 saturated heterocycles. The second-order valence-corrected chi connectivity index (χ2v) is 5.29. The van der Waals surface area contributed by atoms with Crippen LogP contribution in [0.2, 0.25) is 0 Å². The van der Waals surface area contributed by atoms with E-state index >= 15 is 0 Å². The van der Waals surface area contributed by atoms with Crippen molar-refractivity contribution in [3.63, 3.8) is 0 Å². The van der Waals surface area contributed by atoms with E-state index in [0.717, 1.165) is 28.8 Å². The fraction of sp³-hybridized carbons (Fsp3) is 0.417. The number of rotatable bonds is 2. The number of fused-ring (bicyclic) bond motifs is 1. The van der Waals surface area contributed by atoms with Gasteiger partial charge in [-0.3, -0.25) is 4.79 Å². The van der Waals surface area contributed by atoms with E-state index in [2.05, 4.69) is 21.2 Å². The Balaban J connectivity index is 1.88. The predicted octanol–water partition coefficient (Wildman–Crippen LogP) is 1.57. The summed E-state index contributed by atoms with van der Waals surface area (Å²) in [6.45, 7) is 1.34. The Morgan fingerprint density at radius 1 is 1.50 bits per heavy atom. The average Bonchev–Trinajstić information content (AvgIpc) is 2.92. The summed E-state index contributed by atoms with van der Waals surface area (Å²) in [5, 5.41) is 2.74. The lowest BCUT2D eigenvalue weighted by atomic mass is 10.1. The van der Waals surface area contributed by atoms with Crippen LogP contribution in [0.15, 0.2) is 16.6 Å². The lowest BCUT2D eigenvalue weighted by Crippen LogP contribution is -2.19. The molecule has 0 aliphatic carbocycles. The van der Waals surface area contributed by atoms with E-state index < -0.39 is 6.04 Å². The van der Waals surface area contributed by atoms with Gasteiger partial charge in [-0.1, -0.05) is 0 Å². The third-order valence-corrected chi connectivity index (χ3v) is 3.78. The van der Waals surface area contributed by atoms with Crippen LogP contribution in [0.1, 0.15) is 18.0 Å². The highest BCUT2D eigenvalue weighted by atomic mass is 79.9. The number of hydrogen-bond acceptors (Lipinski definition) is 4. The summed E-state index contributed by atoms with van der Waals surface area (Å²) in [5.74, 6) is 0.525. The first-order valence-electron chi connectivity index (χ1n) is 5.79. The van der Waals surface area contributed by atoms with E-state index in [9.17, 15) is 4.79 Å². The van der Waals surface area contributed by atoms with Crippen molar-refractivity contribution in [2.24, 2.45) is 5.73 Å². The van der Waals surface area contributed by atoms with Crippen LogP contribution in [0, 0.1) is 0 Å². The predicted molar refractivity (Wildman–Crippen MR) is 69.6 cm³/mol. The van der Waals surface area contributed by atoms with Crippen LogP contribution in [-0.2, 0) is 9.53 Å². The molecule has 1 fully saturated rings. The van der Waals surface area contributed by atoms with Gasteiger partial charge in [0.1, 0.15) is 17.9 Å². The van der Waals surface area contributed by atoms with Gasteiger partial charge in [-0.2, -0.15) is 0 Å². The number of carbonyl (C=O) groups is 1. The maximum atomic E-state index is 11.5. The summed E-state index contributed by atoms with van der Waals surface area (Å²) in [6, 6.07) is 3.05. The fourth-order valence-corrected chi connectivity index (χ4v) is 2.62. The van der Waals surface area contributed by atoms with Crippen molar-refractivity contribution in [1.82, 2.24) is 0 Å². The van der Waals surface area contributed by atoms with E-state index in [-0.39, 0.29) is 12.0 Å². The fourth-order valence-electron chi connectivity index (χ4n) is 2.16. The number of ether oxygens (including phenoxy) is 2. The molecular formula is C12H13BrN2O3. The summed E-state index contributed by atoms with van der Waals surface area (Å²) in [5.41, 5.74) is 7.30. The topological polar surface area (TPSA) is 73.6 Å². The van der Waals surface area contributed by atoms with Gasteiger partial charge in [0.15, 0.2) is 0 Å². The molecule has 2 atom stereocenters. The Hall–Kier alpha value is -1.11. The van der Waals surface area contributed by atoms with Gasteiger partial charge >= 0.3 is 0 Å². The van der Waals surface area contributed by atoms with Crippen LogP contribution >= 0.6 is 15.9 Å². The van der Waals surface area contributed by atoms with Crippen molar-refractivity contribution in [2.75, 3.05) is 18.5 Å². The number of hydrogen-bond donors (Lipinski definition) is 2. The van der Waals surface area contributed by atoms with Gasteiger partial charge in [-0.25, -0.2) is 0 Å². The van der Waals surface area contributed by atoms with Crippen LogP contribution in [0.3, 0.4) is 0 Å². The average molecular weight is 313 g/mol. The third kappa shape index (κ3) is 2.00. The Kier molecular flexibility index (Phi) is 3.01. The van der Waals surface area contributed by atoms with Gasteiger partial charge in [0.2, 0.25) is 5.91 Å². The SMILES string of the molecule is NC1C(=O)Nc2cc(OC3CCOC3)c(Br)cc21. The Labute approximate surface area is 113 Å². The first-order chi connectivity index (χ1) is 8.65. The van der Waals surface area contributed by atoms with Crippen molar-refractivity contribution in [3.8, 4) is 5.75 Å². The molecule has 2 unspecified atom stereocenters. The van der Waals surface area contributed by atoms with Crippen LogP contribution in [0.25, 0.3) is 0 Å². The van der Waals surface area contributed by atoms with Gasteiger partial charge in [-0.15, -0.1) is 0 Å². The molecule has 1 aromatic carbocycles. The molecule has 0 saturated carbocycles. The summed E-state index contributed by atoms with van der Waals surface area (Å²) >= 11 is 3.44. The number of nitrogens with two attached hydrogens (primary N) is 1. The van der Waals surface area contributed by atoms with Gasteiger partial charge in [-0.05, 0) is 22.0 Å². The molecule has 2 heterocycles. The van der Waals surface area contributed by atoms with Gasteiger partial charge < -0.3 is 20.5 Å². The molecule has 0 spiro atoms. The number of benzene rings is 1. The van der Waals surface area contributed by atoms with E-state index in [1.165, 1.54) is 0 Å². The van der Waals surface area contributed by atoms with Gasteiger partial charge in [0.25, 0.3) is 0 Å². The first kappa shape index (κ1) is 12.0. The van der Waals surface area contributed by atoms with E-state index in [4.69, 9.17) is 15.2 Å². The molecule has 96 valence electrons. The Bertz CT molecular complexity index is 500. The van der Waals surface area contributed by atoms with E-state index in [1.807, 2.05) is 12.1 Å². The summed E-state index contributed by atoms with van der Waals surface area (Å²) in [4.78, 5) is 11.5. The maximum absolute atomic E-state index is 11.5. The molecular weight excluding hydrogens is 300 g/mol. The second-order valence-electron chi connectivity index (χ2n) is 4.44. The smallest absolute Gasteiger partial charge is 0.245 e. The third-order valence-electron chi connectivity index (χ3n) is 3.16. The number of nitrogens with one attached hydrogen (secondary N) is 1. The molecule has 3 N–H and O–H groups in total. The van der Waals surface area contributed by atoms with Crippen molar-refractivity contribution in [1.29, 1.82) is 0 Å². The highest BCUT2D eigenvalue weighted by Gasteiger charge is 2.29. The molecule has 3 rings (SSSR count). The molecule has 0 bridgehead atoms. The first-order valence-corrected chi connectivity index (χ1v) is 6.59. The molecule has 0 aromatic heterocycles. The number of carbonyl (C=O) groups excluding carboxylic acids is 1. The van der Waals surface area contributed by atoms with Crippen LogP contribution in [-0.4, -0.2) is 25.2 Å². The van der Waals surface area contributed by atoms with E-state index in [1.54, 1.807) is 0 Å². The molecule has 0 radical (unpaired) electrons. The molecule has 6 heteroatoms. The minimum atomic E-state index is -0.597. The molecule has 1 aromatic rings. The van der Waals surface area contributed by atoms with Crippen LogP contribution in [0.4, 0.5) is 5.69 Å². The lowest BCUT2D eigenvalue weighted by molar-refractivity contribution is -0.116. The summed E-state index contributed by atoms with van der Waals surface area (Å²) in [6.07, 6.45) is 0.959. The Morgan fingerprint density at radius 3 is 3.06 bits per heavy atom. The maximum Gasteiger partial charge on any atom is 0.245 e. The standard InChI is InChI=1S/C12H13BrN2O3/c13-8-3-7-9(15-12(16)11(7)14)4-10(8)18-6-1-2-17-5-6/h3-4,6,11H,1-2,5,14H2,(H,15,16). The summed E-state index contributed by atoms with van der Waals surface area (Å²) in [7, 11) is 0. The van der Waals surface area contributed by atoms with Crippen molar-refractivity contribution >= 4 is 27.5 Å². The zero-order valence-electron chi connectivity index (χ0n) is 9.61. The number of amides is 1. The molecule has 18 heavy (non-hydrogen) atoms. The second kappa shape index (κ2) is 4.53. The van der Waals surface area contributed by atoms with Gasteiger partial charge in [0, 0.05) is 23.7 Å². The van der Waals surface area contributed by atoms with Crippen LogP contribution < -0.4 is 15.8 Å². The van der Waals surface area contributed by atoms with Crippen molar-refractivity contribution in [2.45, 2.75) is 18.6 Å². The normalized spacial score (nSPS) is 26.0. The monoisotopic (exact) mass is 312 g/mol. The summed E-state index contributed by atoms with van der Waals surface area (Å²) < 4.78 is 11.9. The highest BCUT2D eigenvalue weighted by molar-refractivity contribution is 9.10. The minimum Gasteiger partial charge on any atom is -0.487 e. The zero-order valence-corrected chi connectivity index (χ0v) is 11.2. The largest absolute Gasteiger partial charge is 0.487 e. The quantitative estimate of drug-likeness (QED) is 0.869. The van der Waals surface area contributed by atoms with Crippen molar-refractivity contribution in [3.05, 3.63) is 22.2 Å². The molecule has 2 aliphatic rings. The van der Waals surface area contributed by atoms with E-state index in [0.29, 0.717) is 12.4 Å². The molecule has 2 aliphatic heterocycles. The minimum absolute atomic E-state index is 0.0742. The van der Waals surface area contributed by atoms with Crippen molar-refractivity contribution < 1.29 is 14.3 Å². The number of halogens is 1. The molecule has 1 amide bonds. The lowest BCUT2D eigenvalue weighted by Gasteiger charge is -2.14. The van der Waals surface area contributed by atoms with Gasteiger partial charge in [0.05, 0.1) is 17.7 Å². The Morgan fingerprint density at radius 2 is 2.33 bits per heavy atom.